The van der Waals surface area contributed by atoms with Gasteiger partial charge in [-0.15, -0.1) is 11.3 Å². The summed E-state index contributed by atoms with van der Waals surface area (Å²) in [4.78, 5) is 17.3. The number of hydrogen-bond acceptors (Lipinski definition) is 5. The van der Waals surface area contributed by atoms with Crippen LogP contribution in [0.15, 0.2) is 59.3 Å². The fourth-order valence-corrected chi connectivity index (χ4v) is 3.41. The highest BCUT2D eigenvalue weighted by Gasteiger charge is 2.17. The largest absolute Gasteiger partial charge is 0.344 e. The minimum Gasteiger partial charge on any atom is -0.344 e. The monoisotopic (exact) mass is 330 g/mol. The first kappa shape index (κ1) is 14.8. The van der Waals surface area contributed by atoms with Gasteiger partial charge in [-0.05, 0) is 17.0 Å². The van der Waals surface area contributed by atoms with Crippen molar-refractivity contribution >= 4 is 29.0 Å². The molecule has 2 heterocycles. The molecule has 5 nitrogen and oxygen atoms in total. The summed E-state index contributed by atoms with van der Waals surface area (Å²) in [5, 5.41) is 12.2. The van der Waals surface area contributed by atoms with Gasteiger partial charge in [-0.3, -0.25) is 9.89 Å². The summed E-state index contributed by atoms with van der Waals surface area (Å²) in [6.07, 6.45) is 1.43. The van der Waals surface area contributed by atoms with Crippen molar-refractivity contribution < 1.29 is 4.79 Å². The number of carbonyl (C=O) groups is 1. The lowest BCUT2D eigenvalue weighted by Crippen LogP contribution is -2.30. The van der Waals surface area contributed by atoms with E-state index in [1.165, 1.54) is 18.1 Å². The van der Waals surface area contributed by atoms with Crippen molar-refractivity contribution in [2.75, 3.05) is 5.75 Å². The molecule has 1 amide bonds. The lowest BCUT2D eigenvalue weighted by Gasteiger charge is -2.17. The zero-order valence-electron chi connectivity index (χ0n) is 11.6. The van der Waals surface area contributed by atoms with E-state index in [0.29, 0.717) is 10.9 Å². The number of carbonyl (C=O) groups excluding carboxylic acids is 1. The lowest BCUT2D eigenvalue weighted by molar-refractivity contribution is -0.119. The maximum atomic E-state index is 12.2. The molecular formula is C15H14N4OS2. The number of aromatic nitrogens is 3. The molecule has 7 heteroatoms. The molecule has 0 aliphatic heterocycles. The number of benzene rings is 1. The van der Waals surface area contributed by atoms with Gasteiger partial charge in [-0.25, -0.2) is 4.98 Å². The predicted molar refractivity (Wildman–Crippen MR) is 87.9 cm³/mol. The summed E-state index contributed by atoms with van der Waals surface area (Å²) in [6.45, 7) is 0. The second-order valence-corrected chi connectivity index (χ2v) is 6.45. The first-order valence-electron chi connectivity index (χ1n) is 6.69. The molecule has 0 unspecified atom stereocenters. The molecular weight excluding hydrogens is 316 g/mol. The number of aromatic amines is 1. The third-order valence-corrected chi connectivity index (χ3v) is 4.81. The number of amides is 1. The average molecular weight is 330 g/mol. The summed E-state index contributed by atoms with van der Waals surface area (Å²) in [5.74, 6) is 0.257. The van der Waals surface area contributed by atoms with Gasteiger partial charge in [0.1, 0.15) is 6.33 Å². The van der Waals surface area contributed by atoms with E-state index in [4.69, 9.17) is 0 Å². The quantitative estimate of drug-likeness (QED) is 0.682. The van der Waals surface area contributed by atoms with Gasteiger partial charge in [0.15, 0.2) is 5.16 Å². The normalized spacial score (nSPS) is 12.0. The van der Waals surface area contributed by atoms with E-state index in [1.54, 1.807) is 11.3 Å². The van der Waals surface area contributed by atoms with Gasteiger partial charge in [0.25, 0.3) is 0 Å². The number of thioether (sulfide) groups is 1. The van der Waals surface area contributed by atoms with E-state index in [2.05, 4.69) is 20.5 Å². The fraction of sp³-hybridized carbons (Fsp3) is 0.133. The smallest absolute Gasteiger partial charge is 0.231 e. The van der Waals surface area contributed by atoms with Crippen LogP contribution in [0, 0.1) is 0 Å². The lowest BCUT2D eigenvalue weighted by atomic mass is 10.1. The van der Waals surface area contributed by atoms with Crippen molar-refractivity contribution in [1.29, 1.82) is 0 Å². The molecule has 0 aliphatic carbocycles. The van der Waals surface area contributed by atoms with Gasteiger partial charge in [-0.1, -0.05) is 48.2 Å². The van der Waals surface area contributed by atoms with Crippen molar-refractivity contribution in [3.05, 3.63) is 64.6 Å². The van der Waals surface area contributed by atoms with Gasteiger partial charge in [0, 0.05) is 4.88 Å². The van der Waals surface area contributed by atoms with Crippen LogP contribution in [0.1, 0.15) is 16.5 Å². The van der Waals surface area contributed by atoms with Crippen LogP contribution in [0.3, 0.4) is 0 Å². The number of H-pyrrole nitrogens is 1. The number of nitrogens with one attached hydrogen (secondary N) is 2. The molecule has 0 aliphatic rings. The van der Waals surface area contributed by atoms with E-state index in [0.717, 1.165) is 10.4 Å². The van der Waals surface area contributed by atoms with Crippen molar-refractivity contribution in [3.8, 4) is 0 Å². The summed E-state index contributed by atoms with van der Waals surface area (Å²) >= 11 is 2.97. The highest BCUT2D eigenvalue weighted by molar-refractivity contribution is 7.99. The highest BCUT2D eigenvalue weighted by atomic mass is 32.2. The van der Waals surface area contributed by atoms with E-state index >= 15 is 0 Å². The first-order valence-corrected chi connectivity index (χ1v) is 8.55. The van der Waals surface area contributed by atoms with Crippen molar-refractivity contribution in [1.82, 2.24) is 20.5 Å². The van der Waals surface area contributed by atoms with E-state index < -0.39 is 0 Å². The second kappa shape index (κ2) is 7.24. The Kier molecular flexibility index (Phi) is 4.87. The first-order chi connectivity index (χ1) is 10.8. The zero-order chi connectivity index (χ0) is 15.2. The van der Waals surface area contributed by atoms with Crippen LogP contribution < -0.4 is 5.32 Å². The number of thiophene rings is 1. The third-order valence-electron chi connectivity index (χ3n) is 3.00. The standard InChI is InChI=1S/C15H14N4OS2/c20-13(9-22-15-16-10-17-19-15)18-14(12-7-4-8-21-12)11-5-2-1-3-6-11/h1-8,10,14H,9H2,(H,18,20)(H,16,17,19)/t14-/m1/s1. The van der Waals surface area contributed by atoms with Gasteiger partial charge >= 0.3 is 0 Å². The van der Waals surface area contributed by atoms with Crippen LogP contribution >= 0.6 is 23.1 Å². The van der Waals surface area contributed by atoms with Crippen LogP contribution in [0.2, 0.25) is 0 Å². The molecule has 22 heavy (non-hydrogen) atoms. The Balaban J connectivity index is 1.69. The van der Waals surface area contributed by atoms with E-state index in [-0.39, 0.29) is 11.9 Å². The number of hydrogen-bond donors (Lipinski definition) is 2. The minimum absolute atomic E-state index is 0.0383. The Morgan fingerprint density at radius 1 is 1.27 bits per heavy atom. The van der Waals surface area contributed by atoms with Crippen molar-refractivity contribution in [2.45, 2.75) is 11.2 Å². The molecule has 0 radical (unpaired) electrons. The van der Waals surface area contributed by atoms with Crippen LogP contribution in [0.5, 0.6) is 0 Å². The molecule has 0 saturated carbocycles. The molecule has 0 saturated heterocycles. The summed E-state index contributed by atoms with van der Waals surface area (Å²) in [6, 6.07) is 13.9. The zero-order valence-corrected chi connectivity index (χ0v) is 13.2. The van der Waals surface area contributed by atoms with Crippen molar-refractivity contribution in [3.63, 3.8) is 0 Å². The topological polar surface area (TPSA) is 70.7 Å². The molecule has 112 valence electrons. The van der Waals surface area contributed by atoms with E-state index in [1.807, 2.05) is 47.8 Å². The maximum Gasteiger partial charge on any atom is 0.231 e. The Morgan fingerprint density at radius 3 is 2.82 bits per heavy atom. The Labute approximate surface area is 136 Å². The predicted octanol–water partition coefficient (Wildman–Crippen LogP) is 2.86. The van der Waals surface area contributed by atoms with Crippen LogP contribution in [0.25, 0.3) is 0 Å². The molecule has 2 N–H and O–H groups in total. The molecule has 3 aromatic rings. The molecule has 1 atom stereocenters. The summed E-state index contributed by atoms with van der Waals surface area (Å²) < 4.78 is 0. The Hall–Kier alpha value is -2.12. The molecule has 3 rings (SSSR count). The van der Waals surface area contributed by atoms with Gasteiger partial charge in [0.05, 0.1) is 11.8 Å². The number of rotatable bonds is 6. The summed E-state index contributed by atoms with van der Waals surface area (Å²) in [7, 11) is 0. The van der Waals surface area contributed by atoms with Gasteiger partial charge in [-0.2, -0.15) is 5.10 Å². The molecule has 1 aromatic carbocycles. The number of nitrogens with zero attached hydrogens (tertiary/aromatic N) is 2. The average Bonchev–Trinajstić information content (AvgIpc) is 3.25. The minimum atomic E-state index is -0.121. The van der Waals surface area contributed by atoms with Crippen LogP contribution in [-0.4, -0.2) is 26.8 Å². The van der Waals surface area contributed by atoms with Gasteiger partial charge in [0.2, 0.25) is 5.91 Å². The second-order valence-electron chi connectivity index (χ2n) is 4.51. The maximum absolute atomic E-state index is 12.2. The van der Waals surface area contributed by atoms with Crippen LogP contribution in [0.4, 0.5) is 0 Å². The van der Waals surface area contributed by atoms with Crippen LogP contribution in [-0.2, 0) is 4.79 Å². The van der Waals surface area contributed by atoms with Crippen molar-refractivity contribution in [2.24, 2.45) is 0 Å². The van der Waals surface area contributed by atoms with Gasteiger partial charge < -0.3 is 5.32 Å². The molecule has 0 fully saturated rings. The Morgan fingerprint density at radius 2 is 2.14 bits per heavy atom. The van der Waals surface area contributed by atoms with E-state index in [9.17, 15) is 4.79 Å². The third kappa shape index (κ3) is 3.75. The summed E-state index contributed by atoms with van der Waals surface area (Å²) in [5.41, 5.74) is 1.07. The molecule has 2 aromatic heterocycles. The molecule has 0 spiro atoms. The fourth-order valence-electron chi connectivity index (χ4n) is 2.02. The SMILES string of the molecule is O=C(CSc1ncn[nH]1)N[C@H](c1ccccc1)c1cccs1. The molecule has 0 bridgehead atoms. The highest BCUT2D eigenvalue weighted by Crippen LogP contribution is 2.26. The Bertz CT molecular complexity index is 698.